The van der Waals surface area contributed by atoms with Crippen LogP contribution in [0.4, 0.5) is 19.1 Å². The molecule has 166 valence electrons. The predicted octanol–water partition coefficient (Wildman–Crippen LogP) is 1.80. The molecule has 1 aliphatic rings. The highest BCUT2D eigenvalue weighted by molar-refractivity contribution is 14.0. The summed E-state index contributed by atoms with van der Waals surface area (Å²) in [6.07, 6.45) is -1.37. The van der Waals surface area contributed by atoms with Crippen LogP contribution >= 0.6 is 24.0 Å². The van der Waals surface area contributed by atoms with Gasteiger partial charge in [0.05, 0.1) is 6.61 Å². The summed E-state index contributed by atoms with van der Waals surface area (Å²) in [7, 11) is 3.39. The number of rotatable bonds is 8. The Balaban J connectivity index is 0.00000420. The van der Waals surface area contributed by atoms with Crippen molar-refractivity contribution >= 4 is 35.9 Å². The van der Waals surface area contributed by atoms with Gasteiger partial charge < -0.3 is 25.6 Å². The Morgan fingerprint density at radius 3 is 2.66 bits per heavy atom. The van der Waals surface area contributed by atoms with E-state index in [0.717, 1.165) is 51.3 Å². The molecule has 0 spiro atoms. The summed E-state index contributed by atoms with van der Waals surface area (Å²) in [5.74, 6) is 0.616. The molecule has 12 heteroatoms. The molecule has 1 aliphatic heterocycles. The molecule has 3 N–H and O–H groups in total. The molecule has 0 aromatic carbocycles. The Bertz CT molecular complexity index is 625. The molecule has 1 aromatic heterocycles. The number of nitrogens with one attached hydrogen (secondary N) is 3. The fraction of sp³-hybridized carbons (Fsp3) is 0.706. The van der Waals surface area contributed by atoms with Crippen LogP contribution in [0.2, 0.25) is 0 Å². The zero-order valence-corrected chi connectivity index (χ0v) is 19.0. The van der Waals surface area contributed by atoms with Crippen LogP contribution in [-0.4, -0.2) is 80.4 Å². The van der Waals surface area contributed by atoms with Gasteiger partial charge in [-0.2, -0.15) is 13.2 Å². The largest absolute Gasteiger partial charge is 0.433 e. The molecular weight excluding hydrogens is 502 g/mol. The zero-order chi connectivity index (χ0) is 20.4. The maximum Gasteiger partial charge on any atom is 0.433 e. The fourth-order valence-electron chi connectivity index (χ4n) is 2.87. The van der Waals surface area contributed by atoms with Crippen LogP contribution in [-0.2, 0) is 10.9 Å². The Kier molecular flexibility index (Phi) is 11.5. The number of hydrogen-bond acceptors (Lipinski definition) is 6. The van der Waals surface area contributed by atoms with Crippen LogP contribution < -0.4 is 16.0 Å². The lowest BCUT2D eigenvalue weighted by molar-refractivity contribution is -0.141. The van der Waals surface area contributed by atoms with E-state index in [9.17, 15) is 13.2 Å². The number of aliphatic imine (C=N–C) groups is 1. The van der Waals surface area contributed by atoms with Gasteiger partial charge in [-0.15, -0.1) is 24.0 Å². The minimum Gasteiger partial charge on any atom is -0.383 e. The second-order valence-electron chi connectivity index (χ2n) is 6.44. The molecule has 1 aromatic rings. The number of guanidine groups is 1. The molecule has 29 heavy (non-hydrogen) atoms. The highest BCUT2D eigenvalue weighted by atomic mass is 127. The Labute approximate surface area is 186 Å². The van der Waals surface area contributed by atoms with Gasteiger partial charge in [-0.3, -0.25) is 4.99 Å². The molecular formula is C17H29F3IN7O. The molecule has 1 saturated heterocycles. The molecule has 0 bridgehead atoms. The third kappa shape index (κ3) is 9.30. The van der Waals surface area contributed by atoms with Crippen molar-refractivity contribution in [3.05, 3.63) is 18.0 Å². The van der Waals surface area contributed by atoms with E-state index in [1.165, 1.54) is 0 Å². The third-order valence-corrected chi connectivity index (χ3v) is 4.41. The molecule has 8 nitrogen and oxygen atoms in total. The number of piperidine rings is 1. The van der Waals surface area contributed by atoms with E-state index in [2.05, 4.69) is 35.8 Å². The Morgan fingerprint density at radius 1 is 1.31 bits per heavy atom. The number of nitrogens with zero attached hydrogens (tertiary/aromatic N) is 4. The lowest BCUT2D eigenvalue weighted by Gasteiger charge is -2.32. The molecule has 1 fully saturated rings. The standard InChI is InChI=1S/C17H28F3N7O.HI/c1-21-15(25-13-4-9-27(10-5-13)11-12-28-2)23-7-8-24-16-22-6-3-14(26-16)17(18,19)20;/h3,6,13H,4-5,7-12H2,1-2H3,(H2,21,23,25)(H,22,24,26);1H. The van der Waals surface area contributed by atoms with Gasteiger partial charge in [-0.05, 0) is 18.9 Å². The average molecular weight is 531 g/mol. The second-order valence-corrected chi connectivity index (χ2v) is 6.44. The molecule has 0 saturated carbocycles. The van der Waals surface area contributed by atoms with Gasteiger partial charge in [0, 0.05) is 59.1 Å². The van der Waals surface area contributed by atoms with Crippen molar-refractivity contribution in [2.24, 2.45) is 4.99 Å². The molecule has 0 atom stereocenters. The van der Waals surface area contributed by atoms with Crippen molar-refractivity contribution in [1.82, 2.24) is 25.5 Å². The monoisotopic (exact) mass is 531 g/mol. The molecule has 0 aliphatic carbocycles. The third-order valence-electron chi connectivity index (χ3n) is 4.41. The maximum absolute atomic E-state index is 12.7. The van der Waals surface area contributed by atoms with Gasteiger partial charge in [0.15, 0.2) is 5.96 Å². The van der Waals surface area contributed by atoms with Crippen LogP contribution in [0.15, 0.2) is 17.3 Å². The number of likely N-dealkylation sites (tertiary alicyclic amines) is 1. The van der Waals surface area contributed by atoms with Crippen LogP contribution in [0, 0.1) is 0 Å². The average Bonchev–Trinajstić information content (AvgIpc) is 2.69. The summed E-state index contributed by atoms with van der Waals surface area (Å²) in [6.45, 7) is 4.52. The zero-order valence-electron chi connectivity index (χ0n) is 16.6. The number of methoxy groups -OCH3 is 1. The van der Waals surface area contributed by atoms with E-state index in [-0.39, 0.29) is 29.9 Å². The minimum atomic E-state index is -4.48. The van der Waals surface area contributed by atoms with Gasteiger partial charge in [-0.1, -0.05) is 0 Å². The van der Waals surface area contributed by atoms with E-state index in [1.54, 1.807) is 14.2 Å². The SMILES string of the molecule is CN=C(NCCNc1nccc(C(F)(F)F)n1)NC1CCN(CCOC)CC1.I. The molecule has 0 amide bonds. The van der Waals surface area contributed by atoms with E-state index in [4.69, 9.17) is 4.74 Å². The van der Waals surface area contributed by atoms with Crippen molar-refractivity contribution in [1.29, 1.82) is 0 Å². The first kappa shape index (κ1) is 25.6. The van der Waals surface area contributed by atoms with Gasteiger partial charge in [0.25, 0.3) is 0 Å². The molecule has 0 radical (unpaired) electrons. The molecule has 2 heterocycles. The minimum absolute atomic E-state index is 0. The Hall–Kier alpha value is -1.41. The smallest absolute Gasteiger partial charge is 0.383 e. The number of aromatic nitrogens is 2. The number of alkyl halides is 3. The van der Waals surface area contributed by atoms with Gasteiger partial charge in [0.1, 0.15) is 5.69 Å². The number of hydrogen-bond donors (Lipinski definition) is 3. The number of anilines is 1. The van der Waals surface area contributed by atoms with E-state index in [1.807, 2.05) is 0 Å². The summed E-state index contributed by atoms with van der Waals surface area (Å²) in [4.78, 5) is 13.8. The highest BCUT2D eigenvalue weighted by Crippen LogP contribution is 2.27. The Morgan fingerprint density at radius 2 is 2.03 bits per heavy atom. The quantitative estimate of drug-likeness (QED) is 0.204. The first-order valence-electron chi connectivity index (χ1n) is 9.25. The first-order valence-corrected chi connectivity index (χ1v) is 9.25. The topological polar surface area (TPSA) is 86.7 Å². The molecule has 2 rings (SSSR count). The lowest BCUT2D eigenvalue weighted by Crippen LogP contribution is -2.49. The summed E-state index contributed by atoms with van der Waals surface area (Å²) in [5.41, 5.74) is -0.965. The number of halogens is 4. The summed E-state index contributed by atoms with van der Waals surface area (Å²) < 4.78 is 43.1. The summed E-state index contributed by atoms with van der Waals surface area (Å²) >= 11 is 0. The van der Waals surface area contributed by atoms with Crippen LogP contribution in [0.5, 0.6) is 0 Å². The summed E-state index contributed by atoms with van der Waals surface area (Å²) in [6, 6.07) is 1.18. The van der Waals surface area contributed by atoms with Crippen molar-refractivity contribution in [2.75, 3.05) is 58.8 Å². The maximum atomic E-state index is 12.7. The second kappa shape index (κ2) is 13.0. The van der Waals surface area contributed by atoms with Crippen LogP contribution in [0.3, 0.4) is 0 Å². The van der Waals surface area contributed by atoms with E-state index >= 15 is 0 Å². The highest BCUT2D eigenvalue weighted by Gasteiger charge is 2.32. The fourth-order valence-corrected chi connectivity index (χ4v) is 2.87. The number of ether oxygens (including phenoxy) is 1. The van der Waals surface area contributed by atoms with Crippen molar-refractivity contribution in [3.8, 4) is 0 Å². The van der Waals surface area contributed by atoms with Crippen molar-refractivity contribution in [2.45, 2.75) is 25.1 Å². The van der Waals surface area contributed by atoms with Gasteiger partial charge in [-0.25, -0.2) is 9.97 Å². The first-order chi connectivity index (χ1) is 13.4. The van der Waals surface area contributed by atoms with Crippen LogP contribution in [0.1, 0.15) is 18.5 Å². The summed E-state index contributed by atoms with van der Waals surface area (Å²) in [5, 5.41) is 9.31. The predicted molar refractivity (Wildman–Crippen MR) is 117 cm³/mol. The lowest BCUT2D eigenvalue weighted by atomic mass is 10.1. The van der Waals surface area contributed by atoms with E-state index in [0.29, 0.717) is 25.1 Å². The van der Waals surface area contributed by atoms with E-state index < -0.39 is 11.9 Å². The van der Waals surface area contributed by atoms with Gasteiger partial charge in [0.2, 0.25) is 5.95 Å². The van der Waals surface area contributed by atoms with Gasteiger partial charge >= 0.3 is 6.18 Å². The van der Waals surface area contributed by atoms with Crippen LogP contribution in [0.25, 0.3) is 0 Å². The normalized spacial score (nSPS) is 16.2. The van der Waals surface area contributed by atoms with Crippen molar-refractivity contribution < 1.29 is 17.9 Å². The van der Waals surface area contributed by atoms with Crippen molar-refractivity contribution in [3.63, 3.8) is 0 Å². The molecule has 0 unspecified atom stereocenters.